The number of non-ortho nitro benzene ring substituents is 1. The summed E-state index contributed by atoms with van der Waals surface area (Å²) in [5.41, 5.74) is 1.23. The molecule has 31 heavy (non-hydrogen) atoms. The van der Waals surface area contributed by atoms with E-state index in [0.29, 0.717) is 10.4 Å². The van der Waals surface area contributed by atoms with E-state index in [-0.39, 0.29) is 24.6 Å². The summed E-state index contributed by atoms with van der Waals surface area (Å²) in [7, 11) is 0. The maximum atomic E-state index is 12.8. The number of amides is 2. The van der Waals surface area contributed by atoms with Crippen molar-refractivity contribution in [3.05, 3.63) is 98.2 Å². The Labute approximate surface area is 182 Å². The summed E-state index contributed by atoms with van der Waals surface area (Å²) in [5, 5.41) is 28.3. The van der Waals surface area contributed by atoms with Crippen molar-refractivity contribution in [2.45, 2.75) is 18.6 Å². The van der Waals surface area contributed by atoms with Gasteiger partial charge < -0.3 is 15.7 Å². The minimum Gasteiger partial charge on any atom is -0.387 e. The number of rotatable bonds is 9. The van der Waals surface area contributed by atoms with Gasteiger partial charge in [0.2, 0.25) is 5.91 Å². The Hall–Kier alpha value is -3.56. The van der Waals surface area contributed by atoms with Gasteiger partial charge in [-0.25, -0.2) is 0 Å². The van der Waals surface area contributed by atoms with Crippen molar-refractivity contribution < 1.29 is 19.6 Å². The lowest BCUT2D eigenvalue weighted by atomic mass is 10.0. The molecule has 0 saturated heterocycles. The van der Waals surface area contributed by atoms with Crippen LogP contribution < -0.4 is 10.6 Å². The number of aliphatic hydroxyl groups is 1. The minimum absolute atomic E-state index is 0.0841. The molecule has 3 rings (SSSR count). The average Bonchev–Trinajstić information content (AvgIpc) is 3.32. The highest BCUT2D eigenvalue weighted by atomic mass is 32.1. The Kier molecular flexibility index (Phi) is 7.47. The van der Waals surface area contributed by atoms with Crippen molar-refractivity contribution >= 4 is 28.8 Å². The van der Waals surface area contributed by atoms with Crippen molar-refractivity contribution in [3.8, 4) is 0 Å². The van der Waals surface area contributed by atoms with E-state index in [1.165, 1.54) is 35.6 Å². The predicted molar refractivity (Wildman–Crippen MR) is 117 cm³/mol. The van der Waals surface area contributed by atoms with E-state index >= 15 is 0 Å². The van der Waals surface area contributed by atoms with Gasteiger partial charge in [0.15, 0.2) is 0 Å². The maximum Gasteiger partial charge on any atom is 0.269 e. The smallest absolute Gasteiger partial charge is 0.269 e. The molecule has 0 aliphatic rings. The van der Waals surface area contributed by atoms with E-state index in [1.807, 2.05) is 30.3 Å². The Morgan fingerprint density at radius 3 is 2.35 bits per heavy atom. The van der Waals surface area contributed by atoms with Crippen LogP contribution in [0.4, 0.5) is 5.69 Å². The van der Waals surface area contributed by atoms with Gasteiger partial charge in [-0.05, 0) is 34.7 Å². The number of thiophene rings is 1. The van der Waals surface area contributed by atoms with E-state index in [1.54, 1.807) is 17.5 Å². The first-order valence-electron chi connectivity index (χ1n) is 9.52. The predicted octanol–water partition coefficient (Wildman–Crippen LogP) is 2.85. The molecule has 2 amide bonds. The number of hydrogen-bond acceptors (Lipinski definition) is 6. The second-order valence-electron chi connectivity index (χ2n) is 6.80. The first-order chi connectivity index (χ1) is 14.9. The molecule has 1 aromatic heterocycles. The number of benzene rings is 2. The molecule has 3 N–H and O–H groups in total. The Morgan fingerprint density at radius 1 is 1.03 bits per heavy atom. The lowest BCUT2D eigenvalue weighted by molar-refractivity contribution is -0.384. The number of nitrogens with one attached hydrogen (secondary N) is 2. The van der Waals surface area contributed by atoms with Crippen LogP contribution in [0.3, 0.4) is 0 Å². The highest BCUT2D eigenvalue weighted by molar-refractivity contribution is 7.12. The number of hydrogen-bond donors (Lipinski definition) is 3. The largest absolute Gasteiger partial charge is 0.387 e. The number of carbonyl (C=O) groups is 2. The summed E-state index contributed by atoms with van der Waals surface area (Å²) in [6.07, 6.45) is -0.757. The van der Waals surface area contributed by atoms with Crippen molar-refractivity contribution in [1.29, 1.82) is 0 Å². The van der Waals surface area contributed by atoms with Gasteiger partial charge in [-0.2, -0.15) is 0 Å². The van der Waals surface area contributed by atoms with Crippen LogP contribution in [0.5, 0.6) is 0 Å². The molecule has 2 atom stereocenters. The van der Waals surface area contributed by atoms with Crippen LogP contribution in [-0.4, -0.2) is 34.4 Å². The van der Waals surface area contributed by atoms with Gasteiger partial charge in [-0.1, -0.05) is 36.4 Å². The van der Waals surface area contributed by atoms with Gasteiger partial charge in [0.25, 0.3) is 11.6 Å². The maximum absolute atomic E-state index is 12.8. The van der Waals surface area contributed by atoms with Gasteiger partial charge in [0.05, 0.1) is 15.9 Å². The fourth-order valence-corrected chi connectivity index (χ4v) is 3.58. The van der Waals surface area contributed by atoms with E-state index in [4.69, 9.17) is 0 Å². The van der Waals surface area contributed by atoms with Crippen molar-refractivity contribution in [2.24, 2.45) is 0 Å². The molecule has 0 aliphatic heterocycles. The van der Waals surface area contributed by atoms with Crippen molar-refractivity contribution in [2.75, 3.05) is 6.54 Å². The molecule has 0 unspecified atom stereocenters. The standard InChI is InChI=1S/C22H21N3O5S/c26-19(16-8-10-17(11-9-16)25(29)30)14-23-21(27)18(13-15-5-2-1-3-6-15)24-22(28)20-7-4-12-31-20/h1-12,18-19,26H,13-14H2,(H,23,27)(H,24,28)/t18-,19+/m1/s1. The van der Waals surface area contributed by atoms with Crippen LogP contribution in [0.2, 0.25) is 0 Å². The van der Waals surface area contributed by atoms with Crippen LogP contribution in [0.15, 0.2) is 72.1 Å². The zero-order valence-electron chi connectivity index (χ0n) is 16.4. The van der Waals surface area contributed by atoms with Gasteiger partial charge in [-0.15, -0.1) is 11.3 Å². The molecule has 1 heterocycles. The van der Waals surface area contributed by atoms with Gasteiger partial charge in [0.1, 0.15) is 6.04 Å². The Morgan fingerprint density at radius 2 is 1.74 bits per heavy atom. The summed E-state index contributed by atoms with van der Waals surface area (Å²) in [5.74, 6) is -0.781. The number of nitro benzene ring substituents is 1. The number of nitro groups is 1. The molecule has 9 heteroatoms. The van der Waals surface area contributed by atoms with E-state index in [0.717, 1.165) is 5.56 Å². The molecular weight excluding hydrogens is 418 g/mol. The van der Waals surface area contributed by atoms with Crippen molar-refractivity contribution in [1.82, 2.24) is 10.6 Å². The number of aliphatic hydroxyl groups excluding tert-OH is 1. The van der Waals surface area contributed by atoms with E-state index < -0.39 is 23.0 Å². The van der Waals surface area contributed by atoms with Crippen LogP contribution in [0.1, 0.15) is 26.9 Å². The lowest BCUT2D eigenvalue weighted by Gasteiger charge is -2.20. The molecule has 8 nitrogen and oxygen atoms in total. The third-order valence-electron chi connectivity index (χ3n) is 4.61. The van der Waals surface area contributed by atoms with Crippen LogP contribution in [-0.2, 0) is 11.2 Å². The lowest BCUT2D eigenvalue weighted by Crippen LogP contribution is -2.48. The quantitative estimate of drug-likeness (QED) is 0.350. The topological polar surface area (TPSA) is 122 Å². The molecule has 2 aromatic carbocycles. The van der Waals surface area contributed by atoms with E-state index in [9.17, 15) is 24.8 Å². The number of carbonyl (C=O) groups excluding carboxylic acids is 2. The Bertz CT molecular complexity index is 1020. The van der Waals surface area contributed by atoms with E-state index in [2.05, 4.69) is 10.6 Å². The molecule has 0 fully saturated rings. The third-order valence-corrected chi connectivity index (χ3v) is 5.48. The zero-order chi connectivity index (χ0) is 22.2. The zero-order valence-corrected chi connectivity index (χ0v) is 17.2. The van der Waals surface area contributed by atoms with Gasteiger partial charge in [0, 0.05) is 25.1 Å². The molecule has 3 aromatic rings. The first kappa shape index (κ1) is 22.1. The summed E-state index contributed by atoms with van der Waals surface area (Å²) >= 11 is 1.28. The molecular formula is C22H21N3O5S. The summed E-state index contributed by atoms with van der Waals surface area (Å²) in [6.45, 7) is -0.100. The average molecular weight is 439 g/mol. The highest BCUT2D eigenvalue weighted by Crippen LogP contribution is 2.17. The summed E-state index contributed by atoms with van der Waals surface area (Å²) < 4.78 is 0. The van der Waals surface area contributed by atoms with Crippen LogP contribution >= 0.6 is 11.3 Å². The minimum atomic E-state index is -1.05. The fraction of sp³-hybridized carbons (Fsp3) is 0.182. The van der Waals surface area contributed by atoms with Crippen LogP contribution in [0, 0.1) is 10.1 Å². The second-order valence-corrected chi connectivity index (χ2v) is 7.75. The molecule has 0 radical (unpaired) electrons. The first-order valence-corrected chi connectivity index (χ1v) is 10.4. The number of nitrogens with zero attached hydrogens (tertiary/aromatic N) is 1. The summed E-state index contributed by atoms with van der Waals surface area (Å²) in [6, 6.07) is 17.4. The molecule has 0 spiro atoms. The summed E-state index contributed by atoms with van der Waals surface area (Å²) in [4.78, 5) is 36.0. The monoisotopic (exact) mass is 439 g/mol. The third kappa shape index (κ3) is 6.21. The Balaban J connectivity index is 1.65. The normalized spacial score (nSPS) is 12.5. The van der Waals surface area contributed by atoms with Gasteiger partial charge in [-0.3, -0.25) is 19.7 Å². The van der Waals surface area contributed by atoms with Crippen LogP contribution in [0.25, 0.3) is 0 Å². The molecule has 0 aliphatic carbocycles. The fourth-order valence-electron chi connectivity index (χ4n) is 2.95. The SMILES string of the molecule is O=C(N[C@H](Cc1ccccc1)C(=O)NC[C@H](O)c1ccc([N+](=O)[O-])cc1)c1cccs1. The van der Waals surface area contributed by atoms with Crippen molar-refractivity contribution in [3.63, 3.8) is 0 Å². The molecule has 0 bridgehead atoms. The molecule has 0 saturated carbocycles. The highest BCUT2D eigenvalue weighted by Gasteiger charge is 2.23. The molecule has 160 valence electrons. The van der Waals surface area contributed by atoms with Gasteiger partial charge >= 0.3 is 0 Å². The second kappa shape index (κ2) is 10.5.